The molecule has 90 valence electrons. The molecule has 0 saturated heterocycles. The SMILES string of the molecule is COc1ccc(CN(C)C(C)CCl)cc1F. The zero-order valence-corrected chi connectivity index (χ0v) is 10.6. The van der Waals surface area contributed by atoms with Crippen molar-refractivity contribution >= 4 is 11.6 Å². The number of halogens is 2. The van der Waals surface area contributed by atoms with E-state index in [-0.39, 0.29) is 17.6 Å². The molecule has 1 unspecified atom stereocenters. The first-order valence-corrected chi connectivity index (χ1v) is 5.70. The highest BCUT2D eigenvalue weighted by Gasteiger charge is 2.10. The van der Waals surface area contributed by atoms with Gasteiger partial charge in [-0.3, -0.25) is 4.90 Å². The van der Waals surface area contributed by atoms with E-state index in [4.69, 9.17) is 16.3 Å². The van der Waals surface area contributed by atoms with Crippen LogP contribution in [-0.2, 0) is 6.54 Å². The van der Waals surface area contributed by atoms with Gasteiger partial charge in [-0.05, 0) is 31.7 Å². The van der Waals surface area contributed by atoms with E-state index in [1.807, 2.05) is 20.0 Å². The van der Waals surface area contributed by atoms with Crippen LogP contribution in [0.1, 0.15) is 12.5 Å². The van der Waals surface area contributed by atoms with Crippen molar-refractivity contribution < 1.29 is 9.13 Å². The second-order valence-corrected chi connectivity index (χ2v) is 4.20. The maximum Gasteiger partial charge on any atom is 0.165 e. The fourth-order valence-electron chi connectivity index (χ4n) is 1.37. The minimum Gasteiger partial charge on any atom is -0.494 e. The van der Waals surface area contributed by atoms with Crippen molar-refractivity contribution in [1.82, 2.24) is 4.90 Å². The Morgan fingerprint density at radius 2 is 2.19 bits per heavy atom. The Hall–Kier alpha value is -0.800. The molecule has 0 aromatic heterocycles. The van der Waals surface area contributed by atoms with Gasteiger partial charge in [0.25, 0.3) is 0 Å². The normalized spacial score (nSPS) is 12.9. The third-order valence-electron chi connectivity index (χ3n) is 2.62. The van der Waals surface area contributed by atoms with Crippen LogP contribution in [0, 0.1) is 5.82 Å². The number of alkyl halides is 1. The van der Waals surface area contributed by atoms with E-state index in [2.05, 4.69) is 4.90 Å². The summed E-state index contributed by atoms with van der Waals surface area (Å²) in [6.07, 6.45) is 0. The second-order valence-electron chi connectivity index (χ2n) is 3.89. The maximum absolute atomic E-state index is 13.4. The molecule has 0 heterocycles. The highest BCUT2D eigenvalue weighted by molar-refractivity contribution is 6.18. The Kier molecular flexibility index (Phi) is 5.03. The second kappa shape index (κ2) is 6.06. The molecule has 4 heteroatoms. The van der Waals surface area contributed by atoms with Crippen LogP contribution in [0.2, 0.25) is 0 Å². The average molecular weight is 246 g/mol. The molecule has 0 N–H and O–H groups in total. The van der Waals surface area contributed by atoms with Crippen molar-refractivity contribution in [2.75, 3.05) is 20.0 Å². The fraction of sp³-hybridized carbons (Fsp3) is 0.500. The van der Waals surface area contributed by atoms with Crippen LogP contribution >= 0.6 is 11.6 Å². The number of rotatable bonds is 5. The van der Waals surface area contributed by atoms with Crippen LogP contribution in [0.4, 0.5) is 4.39 Å². The molecular weight excluding hydrogens is 229 g/mol. The number of nitrogens with zero attached hydrogens (tertiary/aromatic N) is 1. The fourth-order valence-corrected chi connectivity index (χ4v) is 1.61. The van der Waals surface area contributed by atoms with E-state index in [1.54, 1.807) is 6.07 Å². The largest absolute Gasteiger partial charge is 0.494 e. The Morgan fingerprint density at radius 3 is 2.69 bits per heavy atom. The predicted molar refractivity (Wildman–Crippen MR) is 64.6 cm³/mol. The molecule has 0 aliphatic carbocycles. The lowest BCUT2D eigenvalue weighted by Gasteiger charge is -2.22. The van der Waals surface area contributed by atoms with Gasteiger partial charge in [0.1, 0.15) is 0 Å². The van der Waals surface area contributed by atoms with Crippen LogP contribution in [0.25, 0.3) is 0 Å². The highest BCUT2D eigenvalue weighted by atomic mass is 35.5. The Morgan fingerprint density at radius 1 is 1.50 bits per heavy atom. The number of hydrogen-bond acceptors (Lipinski definition) is 2. The van der Waals surface area contributed by atoms with Crippen molar-refractivity contribution in [3.8, 4) is 5.75 Å². The van der Waals surface area contributed by atoms with E-state index >= 15 is 0 Å². The quantitative estimate of drug-likeness (QED) is 0.740. The van der Waals surface area contributed by atoms with Crippen molar-refractivity contribution in [2.24, 2.45) is 0 Å². The maximum atomic E-state index is 13.4. The predicted octanol–water partition coefficient (Wildman–Crippen LogP) is 2.89. The van der Waals surface area contributed by atoms with Crippen molar-refractivity contribution in [3.05, 3.63) is 29.6 Å². The van der Waals surface area contributed by atoms with Crippen molar-refractivity contribution in [3.63, 3.8) is 0 Å². The summed E-state index contributed by atoms with van der Waals surface area (Å²) < 4.78 is 18.3. The molecule has 16 heavy (non-hydrogen) atoms. The number of ether oxygens (including phenoxy) is 1. The van der Waals surface area contributed by atoms with Crippen LogP contribution in [0.15, 0.2) is 18.2 Å². The highest BCUT2D eigenvalue weighted by Crippen LogP contribution is 2.18. The first-order valence-electron chi connectivity index (χ1n) is 5.17. The summed E-state index contributed by atoms with van der Waals surface area (Å²) in [5, 5.41) is 0. The van der Waals surface area contributed by atoms with Gasteiger partial charge in [0.15, 0.2) is 11.6 Å². The molecule has 0 aliphatic rings. The molecule has 2 nitrogen and oxygen atoms in total. The molecule has 0 saturated carbocycles. The van der Waals surface area contributed by atoms with Crippen molar-refractivity contribution in [1.29, 1.82) is 0 Å². The first-order chi connectivity index (χ1) is 7.58. The van der Waals surface area contributed by atoms with Gasteiger partial charge in [-0.25, -0.2) is 4.39 Å². The third-order valence-corrected chi connectivity index (χ3v) is 3.07. The third kappa shape index (κ3) is 3.35. The van der Waals surface area contributed by atoms with Crippen LogP contribution < -0.4 is 4.74 Å². The van der Waals surface area contributed by atoms with Crippen molar-refractivity contribution in [2.45, 2.75) is 19.5 Å². The van der Waals surface area contributed by atoms with Gasteiger partial charge in [0.2, 0.25) is 0 Å². The summed E-state index contributed by atoms with van der Waals surface area (Å²) in [7, 11) is 3.43. The first kappa shape index (κ1) is 13.3. The summed E-state index contributed by atoms with van der Waals surface area (Å²) in [6.45, 7) is 2.71. The Labute approximate surface area is 101 Å². The lowest BCUT2D eigenvalue weighted by molar-refractivity contribution is 0.268. The van der Waals surface area contributed by atoms with Gasteiger partial charge in [-0.1, -0.05) is 6.07 Å². The Balaban J connectivity index is 2.71. The summed E-state index contributed by atoms with van der Waals surface area (Å²) in [5.41, 5.74) is 0.915. The summed E-state index contributed by atoms with van der Waals surface area (Å²) in [4.78, 5) is 2.08. The van der Waals surface area contributed by atoms with E-state index in [0.717, 1.165) is 5.56 Å². The zero-order valence-electron chi connectivity index (χ0n) is 9.84. The zero-order chi connectivity index (χ0) is 12.1. The van der Waals surface area contributed by atoms with Crippen LogP contribution in [-0.4, -0.2) is 31.0 Å². The molecule has 0 spiro atoms. The number of methoxy groups -OCH3 is 1. The van der Waals surface area contributed by atoms with E-state index < -0.39 is 0 Å². The number of benzene rings is 1. The molecule has 0 bridgehead atoms. The van der Waals surface area contributed by atoms with E-state index in [0.29, 0.717) is 12.4 Å². The summed E-state index contributed by atoms with van der Waals surface area (Å²) in [5.74, 6) is 0.513. The standard InChI is InChI=1S/C12H17ClFNO/c1-9(7-13)15(2)8-10-4-5-12(16-3)11(14)6-10/h4-6,9H,7-8H2,1-3H3. The monoisotopic (exact) mass is 245 g/mol. The van der Waals surface area contributed by atoms with Gasteiger partial charge < -0.3 is 4.74 Å². The molecule has 0 fully saturated rings. The minimum absolute atomic E-state index is 0.270. The molecule has 0 radical (unpaired) electrons. The molecule has 1 atom stereocenters. The molecule has 0 aliphatic heterocycles. The molecular formula is C12H17ClFNO. The lowest BCUT2D eigenvalue weighted by atomic mass is 10.2. The molecule has 1 rings (SSSR count). The van der Waals surface area contributed by atoms with Gasteiger partial charge in [-0.15, -0.1) is 11.6 Å². The van der Waals surface area contributed by atoms with Crippen LogP contribution in [0.3, 0.4) is 0 Å². The van der Waals surface area contributed by atoms with E-state index in [9.17, 15) is 4.39 Å². The lowest BCUT2D eigenvalue weighted by Crippen LogP contribution is -2.29. The van der Waals surface area contributed by atoms with Crippen LogP contribution in [0.5, 0.6) is 5.75 Å². The summed E-state index contributed by atoms with van der Waals surface area (Å²) in [6, 6.07) is 5.27. The number of hydrogen-bond donors (Lipinski definition) is 0. The molecule has 1 aromatic carbocycles. The minimum atomic E-state index is -0.327. The van der Waals surface area contributed by atoms with Gasteiger partial charge in [0, 0.05) is 18.5 Å². The van der Waals surface area contributed by atoms with Gasteiger partial charge >= 0.3 is 0 Å². The average Bonchev–Trinajstić information content (AvgIpc) is 2.28. The smallest absolute Gasteiger partial charge is 0.165 e. The van der Waals surface area contributed by atoms with Gasteiger partial charge in [-0.2, -0.15) is 0 Å². The molecule has 0 amide bonds. The Bertz CT molecular complexity index is 346. The van der Waals surface area contributed by atoms with Gasteiger partial charge in [0.05, 0.1) is 7.11 Å². The molecule has 1 aromatic rings. The summed E-state index contributed by atoms with van der Waals surface area (Å²) >= 11 is 5.76. The van der Waals surface area contributed by atoms with E-state index in [1.165, 1.54) is 13.2 Å². The topological polar surface area (TPSA) is 12.5 Å².